The lowest BCUT2D eigenvalue weighted by Gasteiger charge is -2.29. The number of carbonyl (C=O) groups is 1. The average Bonchev–Trinajstić information content (AvgIpc) is 2.38. The van der Waals surface area contributed by atoms with Crippen molar-refractivity contribution >= 4 is 30.1 Å². The van der Waals surface area contributed by atoms with Crippen LogP contribution in [0.5, 0.6) is 0 Å². The number of hydrogen-bond donors (Lipinski definition) is 4. The maximum Gasteiger partial charge on any atom is 0.253 e. The highest BCUT2D eigenvalue weighted by Gasteiger charge is 2.29. The molecule has 0 bridgehead atoms. The molecule has 100 valence electrons. The third-order valence-corrected chi connectivity index (χ3v) is 3.46. The Labute approximate surface area is 116 Å². The van der Waals surface area contributed by atoms with Crippen LogP contribution in [-0.2, 0) is 0 Å². The fourth-order valence-electron chi connectivity index (χ4n) is 1.44. The Balaban J connectivity index is 2.97. The summed E-state index contributed by atoms with van der Waals surface area (Å²) in [4.78, 5) is 12.7. The minimum atomic E-state index is -1.03. The number of thiol groups is 1. The predicted octanol–water partition coefficient (Wildman–Crippen LogP) is 1.49. The maximum absolute atomic E-state index is 12.1. The standard InChI is InChI=1S/C12H16ClNO3S/c1-2-12(6-15,7-16)14-11(17)9-5-8(18)3-4-10(9)13/h3-5,15-16,18H,2,6-7H2,1H3,(H,14,17). The van der Waals surface area contributed by atoms with Crippen LogP contribution in [0.2, 0.25) is 5.02 Å². The average molecular weight is 290 g/mol. The quantitative estimate of drug-likeness (QED) is 0.621. The number of aliphatic hydroxyl groups excluding tert-OH is 2. The fraction of sp³-hybridized carbons (Fsp3) is 0.417. The highest BCUT2D eigenvalue weighted by molar-refractivity contribution is 7.80. The molecule has 0 spiro atoms. The topological polar surface area (TPSA) is 69.6 Å². The number of aliphatic hydroxyl groups is 2. The van der Waals surface area contributed by atoms with Gasteiger partial charge in [-0.25, -0.2) is 0 Å². The van der Waals surface area contributed by atoms with Crippen LogP contribution < -0.4 is 5.32 Å². The maximum atomic E-state index is 12.1. The highest BCUT2D eigenvalue weighted by atomic mass is 35.5. The van der Waals surface area contributed by atoms with E-state index in [0.29, 0.717) is 16.3 Å². The predicted molar refractivity (Wildman–Crippen MR) is 73.4 cm³/mol. The zero-order chi connectivity index (χ0) is 13.8. The van der Waals surface area contributed by atoms with Gasteiger partial charge >= 0.3 is 0 Å². The van der Waals surface area contributed by atoms with Crippen molar-refractivity contribution in [3.63, 3.8) is 0 Å². The molecular weight excluding hydrogens is 274 g/mol. The number of benzene rings is 1. The molecule has 4 nitrogen and oxygen atoms in total. The molecule has 1 rings (SSSR count). The van der Waals surface area contributed by atoms with Gasteiger partial charge in [-0.1, -0.05) is 18.5 Å². The van der Waals surface area contributed by atoms with Gasteiger partial charge < -0.3 is 15.5 Å². The Bertz CT molecular complexity index is 427. The summed E-state index contributed by atoms with van der Waals surface area (Å²) in [6.45, 7) is 1.08. The molecule has 0 aromatic heterocycles. The van der Waals surface area contributed by atoms with E-state index in [0.717, 1.165) is 0 Å². The molecule has 1 amide bonds. The molecule has 0 heterocycles. The molecule has 0 aliphatic rings. The molecule has 0 aliphatic carbocycles. The number of carbonyl (C=O) groups excluding carboxylic acids is 1. The minimum absolute atomic E-state index is 0.267. The molecule has 0 saturated carbocycles. The van der Waals surface area contributed by atoms with E-state index in [4.69, 9.17) is 11.6 Å². The van der Waals surface area contributed by atoms with Crippen LogP contribution in [0.4, 0.5) is 0 Å². The number of rotatable bonds is 5. The second kappa shape index (κ2) is 6.43. The van der Waals surface area contributed by atoms with Gasteiger partial charge in [-0.15, -0.1) is 12.6 Å². The van der Waals surface area contributed by atoms with Crippen molar-refractivity contribution in [3.8, 4) is 0 Å². The SMILES string of the molecule is CCC(CO)(CO)NC(=O)c1cc(S)ccc1Cl. The smallest absolute Gasteiger partial charge is 0.253 e. The first kappa shape index (κ1) is 15.3. The van der Waals surface area contributed by atoms with E-state index in [9.17, 15) is 15.0 Å². The molecule has 1 aromatic carbocycles. The third kappa shape index (κ3) is 3.38. The van der Waals surface area contributed by atoms with E-state index in [-0.39, 0.29) is 18.8 Å². The lowest BCUT2D eigenvalue weighted by atomic mass is 9.98. The van der Waals surface area contributed by atoms with Crippen LogP contribution in [0.15, 0.2) is 23.1 Å². The van der Waals surface area contributed by atoms with Crippen molar-refractivity contribution < 1.29 is 15.0 Å². The largest absolute Gasteiger partial charge is 0.394 e. The first-order valence-corrected chi connectivity index (χ1v) is 6.33. The molecule has 0 fully saturated rings. The number of halogens is 1. The van der Waals surface area contributed by atoms with Gasteiger partial charge in [0.2, 0.25) is 0 Å². The van der Waals surface area contributed by atoms with E-state index in [1.54, 1.807) is 19.1 Å². The molecular formula is C12H16ClNO3S. The monoisotopic (exact) mass is 289 g/mol. The summed E-state index contributed by atoms with van der Waals surface area (Å²) in [5, 5.41) is 21.5. The molecule has 0 aliphatic heterocycles. The first-order valence-electron chi connectivity index (χ1n) is 5.50. The second-order valence-electron chi connectivity index (χ2n) is 4.07. The molecule has 3 N–H and O–H groups in total. The van der Waals surface area contributed by atoms with E-state index in [1.807, 2.05) is 0 Å². The van der Waals surface area contributed by atoms with Crippen molar-refractivity contribution in [2.75, 3.05) is 13.2 Å². The Kier molecular flexibility index (Phi) is 5.47. The van der Waals surface area contributed by atoms with Crippen molar-refractivity contribution in [2.45, 2.75) is 23.8 Å². The van der Waals surface area contributed by atoms with Crippen molar-refractivity contribution in [1.82, 2.24) is 5.32 Å². The zero-order valence-electron chi connectivity index (χ0n) is 9.98. The van der Waals surface area contributed by atoms with Crippen LogP contribution >= 0.6 is 24.2 Å². The number of amides is 1. The Morgan fingerprint density at radius 2 is 2.06 bits per heavy atom. The van der Waals surface area contributed by atoms with Crippen LogP contribution in [-0.4, -0.2) is 34.9 Å². The summed E-state index contributed by atoms with van der Waals surface area (Å²) in [5.74, 6) is -0.444. The molecule has 6 heteroatoms. The molecule has 18 heavy (non-hydrogen) atoms. The normalized spacial score (nSPS) is 11.4. The van der Waals surface area contributed by atoms with Gasteiger partial charge in [0.25, 0.3) is 5.91 Å². The van der Waals surface area contributed by atoms with E-state index < -0.39 is 11.4 Å². The van der Waals surface area contributed by atoms with Crippen LogP contribution in [0.3, 0.4) is 0 Å². The van der Waals surface area contributed by atoms with Gasteiger partial charge in [0.15, 0.2) is 0 Å². The van der Waals surface area contributed by atoms with Gasteiger partial charge in [-0.2, -0.15) is 0 Å². The summed E-state index contributed by atoms with van der Waals surface area (Å²) in [7, 11) is 0. The van der Waals surface area contributed by atoms with Gasteiger partial charge in [0.05, 0.1) is 29.3 Å². The van der Waals surface area contributed by atoms with Crippen molar-refractivity contribution in [1.29, 1.82) is 0 Å². The fourth-order valence-corrected chi connectivity index (χ4v) is 1.84. The van der Waals surface area contributed by atoms with Gasteiger partial charge in [0.1, 0.15) is 0 Å². The highest BCUT2D eigenvalue weighted by Crippen LogP contribution is 2.20. The summed E-state index contributed by atoms with van der Waals surface area (Å²) in [6, 6.07) is 4.79. The Morgan fingerprint density at radius 1 is 1.44 bits per heavy atom. The van der Waals surface area contributed by atoms with Gasteiger partial charge in [-0.05, 0) is 24.6 Å². The number of hydrogen-bond acceptors (Lipinski definition) is 4. The molecule has 0 atom stereocenters. The zero-order valence-corrected chi connectivity index (χ0v) is 11.6. The summed E-state index contributed by atoms with van der Waals surface area (Å²) < 4.78 is 0. The first-order chi connectivity index (χ1) is 8.48. The molecule has 0 unspecified atom stereocenters. The lowest BCUT2D eigenvalue weighted by Crippen LogP contribution is -2.53. The Hall–Kier alpha value is -0.750. The van der Waals surface area contributed by atoms with E-state index >= 15 is 0 Å². The van der Waals surface area contributed by atoms with Crippen molar-refractivity contribution in [3.05, 3.63) is 28.8 Å². The summed E-state index contributed by atoms with van der Waals surface area (Å²) >= 11 is 10.1. The van der Waals surface area contributed by atoms with Crippen LogP contribution in [0.1, 0.15) is 23.7 Å². The second-order valence-corrected chi connectivity index (χ2v) is 4.99. The Morgan fingerprint density at radius 3 is 2.56 bits per heavy atom. The molecule has 0 radical (unpaired) electrons. The minimum Gasteiger partial charge on any atom is -0.394 e. The summed E-state index contributed by atoms with van der Waals surface area (Å²) in [5.41, 5.74) is -0.767. The van der Waals surface area contributed by atoms with Crippen molar-refractivity contribution in [2.24, 2.45) is 0 Å². The van der Waals surface area contributed by atoms with E-state index in [1.165, 1.54) is 6.07 Å². The molecule has 0 saturated heterocycles. The van der Waals surface area contributed by atoms with Gasteiger partial charge in [-0.3, -0.25) is 4.79 Å². The lowest BCUT2D eigenvalue weighted by molar-refractivity contribution is 0.0653. The number of nitrogens with one attached hydrogen (secondary N) is 1. The van der Waals surface area contributed by atoms with Crippen LogP contribution in [0.25, 0.3) is 0 Å². The molecule has 1 aromatic rings. The van der Waals surface area contributed by atoms with Gasteiger partial charge in [0, 0.05) is 4.90 Å². The van der Waals surface area contributed by atoms with E-state index in [2.05, 4.69) is 17.9 Å². The summed E-state index contributed by atoms with van der Waals surface area (Å²) in [6.07, 6.45) is 0.407. The van der Waals surface area contributed by atoms with Crippen LogP contribution in [0, 0.1) is 0 Å². The third-order valence-electron chi connectivity index (χ3n) is 2.86.